The van der Waals surface area contributed by atoms with Crippen molar-refractivity contribution in [1.29, 1.82) is 0 Å². The second kappa shape index (κ2) is 9.75. The molecule has 0 atom stereocenters. The molecule has 0 bridgehead atoms. The Balaban J connectivity index is 0.00000288. The van der Waals surface area contributed by atoms with Crippen LogP contribution in [0, 0.1) is 10.1 Å². The van der Waals surface area contributed by atoms with Crippen molar-refractivity contribution in [1.82, 2.24) is 5.32 Å². The first-order chi connectivity index (χ1) is 11.1. The van der Waals surface area contributed by atoms with Crippen LogP contribution in [-0.4, -0.2) is 25.7 Å². The molecule has 0 amide bonds. The lowest BCUT2D eigenvalue weighted by atomic mass is 10.1. The van der Waals surface area contributed by atoms with Crippen LogP contribution >= 0.6 is 12.4 Å². The zero-order valence-electron chi connectivity index (χ0n) is 13.7. The number of hydrogen-bond acceptors (Lipinski definition) is 5. The number of nitrogens with zero attached hydrogens (tertiary/aromatic N) is 1. The molecule has 0 spiro atoms. The summed E-state index contributed by atoms with van der Waals surface area (Å²) in [6, 6.07) is 12.5. The van der Waals surface area contributed by atoms with Crippen molar-refractivity contribution in [2.24, 2.45) is 0 Å². The van der Waals surface area contributed by atoms with Crippen LogP contribution in [0.2, 0.25) is 0 Å². The number of benzene rings is 2. The summed E-state index contributed by atoms with van der Waals surface area (Å²) in [5, 5.41) is 14.0. The van der Waals surface area contributed by atoms with Gasteiger partial charge in [0.15, 0.2) is 11.5 Å². The number of rotatable bonds is 8. The number of nitro groups is 1. The number of ether oxygens (including phenoxy) is 2. The largest absolute Gasteiger partial charge is 0.493 e. The van der Waals surface area contributed by atoms with Gasteiger partial charge < -0.3 is 14.8 Å². The number of nitro benzene ring substituents is 1. The van der Waals surface area contributed by atoms with E-state index in [2.05, 4.69) is 5.32 Å². The molecule has 0 saturated heterocycles. The van der Waals surface area contributed by atoms with Crippen molar-refractivity contribution in [2.75, 3.05) is 20.8 Å². The highest BCUT2D eigenvalue weighted by Gasteiger charge is 2.06. The summed E-state index contributed by atoms with van der Waals surface area (Å²) in [5.74, 6) is 1.42. The van der Waals surface area contributed by atoms with Gasteiger partial charge in [-0.15, -0.1) is 12.4 Å². The monoisotopic (exact) mass is 352 g/mol. The molecule has 130 valence electrons. The highest BCUT2D eigenvalue weighted by atomic mass is 35.5. The molecule has 0 aliphatic heterocycles. The Hall–Kier alpha value is -2.31. The topological polar surface area (TPSA) is 73.6 Å². The molecule has 0 fully saturated rings. The predicted molar refractivity (Wildman–Crippen MR) is 95.3 cm³/mol. The minimum atomic E-state index is -0.382. The highest BCUT2D eigenvalue weighted by Crippen LogP contribution is 2.27. The minimum absolute atomic E-state index is 0. The Bertz CT molecular complexity index is 679. The second-order valence-electron chi connectivity index (χ2n) is 5.04. The van der Waals surface area contributed by atoms with Crippen LogP contribution < -0.4 is 14.8 Å². The van der Waals surface area contributed by atoms with E-state index in [1.807, 2.05) is 24.3 Å². The van der Waals surface area contributed by atoms with Gasteiger partial charge in [0.2, 0.25) is 0 Å². The van der Waals surface area contributed by atoms with E-state index in [4.69, 9.17) is 9.47 Å². The Morgan fingerprint density at radius 1 is 1.04 bits per heavy atom. The van der Waals surface area contributed by atoms with E-state index >= 15 is 0 Å². The van der Waals surface area contributed by atoms with E-state index < -0.39 is 0 Å². The average molecular weight is 353 g/mol. The molecule has 0 unspecified atom stereocenters. The first-order valence-corrected chi connectivity index (χ1v) is 7.29. The minimum Gasteiger partial charge on any atom is -0.493 e. The molecule has 7 heteroatoms. The molecule has 0 saturated carbocycles. The van der Waals surface area contributed by atoms with Gasteiger partial charge in [-0.25, -0.2) is 0 Å². The Kier molecular flexibility index (Phi) is 8.01. The fraction of sp³-hybridized carbons (Fsp3) is 0.294. The van der Waals surface area contributed by atoms with E-state index in [9.17, 15) is 10.1 Å². The molecule has 2 aromatic rings. The molecule has 24 heavy (non-hydrogen) atoms. The standard InChI is InChI=1S/C17H20N2O4.ClH/c1-22-16-7-6-13(11-17(16)23-2)8-9-18-12-14-4-3-5-15(10-14)19(20)21;/h3-7,10-11,18H,8-9,12H2,1-2H3;1H. The van der Waals surface area contributed by atoms with E-state index in [1.54, 1.807) is 26.4 Å². The van der Waals surface area contributed by atoms with Crippen LogP contribution in [0.4, 0.5) is 5.69 Å². The summed E-state index contributed by atoms with van der Waals surface area (Å²) < 4.78 is 10.5. The van der Waals surface area contributed by atoms with E-state index in [1.165, 1.54) is 6.07 Å². The Morgan fingerprint density at radius 3 is 2.46 bits per heavy atom. The van der Waals surface area contributed by atoms with Crippen molar-refractivity contribution >= 4 is 18.1 Å². The van der Waals surface area contributed by atoms with Crippen LogP contribution in [0.15, 0.2) is 42.5 Å². The van der Waals surface area contributed by atoms with Gasteiger partial charge in [0.25, 0.3) is 5.69 Å². The second-order valence-corrected chi connectivity index (χ2v) is 5.04. The maximum atomic E-state index is 10.7. The quantitative estimate of drug-likeness (QED) is 0.448. The maximum absolute atomic E-state index is 10.7. The van der Waals surface area contributed by atoms with E-state index in [-0.39, 0.29) is 23.0 Å². The van der Waals surface area contributed by atoms with Gasteiger partial charge in [-0.05, 0) is 36.2 Å². The van der Waals surface area contributed by atoms with E-state index in [0.29, 0.717) is 18.0 Å². The SMILES string of the molecule is COc1ccc(CCNCc2cccc([N+](=O)[O-])c2)cc1OC.Cl. The van der Waals surface area contributed by atoms with Gasteiger partial charge in [0.05, 0.1) is 19.1 Å². The third kappa shape index (κ3) is 5.40. The lowest BCUT2D eigenvalue weighted by molar-refractivity contribution is -0.384. The third-order valence-electron chi connectivity index (χ3n) is 3.49. The first kappa shape index (κ1) is 19.7. The number of non-ortho nitro benzene ring substituents is 1. The summed E-state index contributed by atoms with van der Waals surface area (Å²) in [7, 11) is 3.22. The summed E-state index contributed by atoms with van der Waals surface area (Å²) >= 11 is 0. The molecule has 1 N–H and O–H groups in total. The smallest absolute Gasteiger partial charge is 0.269 e. The van der Waals surface area contributed by atoms with Gasteiger partial charge >= 0.3 is 0 Å². The van der Waals surface area contributed by atoms with Crippen molar-refractivity contribution < 1.29 is 14.4 Å². The van der Waals surface area contributed by atoms with Crippen molar-refractivity contribution in [2.45, 2.75) is 13.0 Å². The normalized spacial score (nSPS) is 9.92. The van der Waals surface area contributed by atoms with Gasteiger partial charge in [-0.1, -0.05) is 18.2 Å². The molecule has 0 aliphatic rings. The molecule has 2 rings (SSSR count). The summed E-state index contributed by atoms with van der Waals surface area (Å²) in [5.41, 5.74) is 2.14. The Morgan fingerprint density at radius 2 is 1.79 bits per heavy atom. The molecule has 0 heterocycles. The molecule has 0 radical (unpaired) electrons. The molecule has 6 nitrogen and oxygen atoms in total. The lowest BCUT2D eigenvalue weighted by Gasteiger charge is -2.10. The van der Waals surface area contributed by atoms with Gasteiger partial charge in [0, 0.05) is 18.7 Å². The number of halogens is 1. The van der Waals surface area contributed by atoms with Crippen molar-refractivity contribution in [3.8, 4) is 11.5 Å². The van der Waals surface area contributed by atoms with Crippen molar-refractivity contribution in [3.63, 3.8) is 0 Å². The number of hydrogen-bond donors (Lipinski definition) is 1. The zero-order chi connectivity index (χ0) is 16.7. The van der Waals surface area contributed by atoms with Crippen LogP contribution in [0.1, 0.15) is 11.1 Å². The van der Waals surface area contributed by atoms with Crippen LogP contribution in [0.5, 0.6) is 11.5 Å². The maximum Gasteiger partial charge on any atom is 0.269 e. The molecule has 0 aliphatic carbocycles. The fourth-order valence-corrected chi connectivity index (χ4v) is 2.28. The van der Waals surface area contributed by atoms with E-state index in [0.717, 1.165) is 24.1 Å². The van der Waals surface area contributed by atoms with Crippen LogP contribution in [-0.2, 0) is 13.0 Å². The predicted octanol–water partition coefficient (Wildman–Crippen LogP) is 3.37. The first-order valence-electron chi connectivity index (χ1n) is 7.29. The molecule has 2 aromatic carbocycles. The summed E-state index contributed by atoms with van der Waals surface area (Å²) in [6.45, 7) is 1.35. The lowest BCUT2D eigenvalue weighted by Crippen LogP contribution is -2.16. The highest BCUT2D eigenvalue weighted by molar-refractivity contribution is 5.85. The fourth-order valence-electron chi connectivity index (χ4n) is 2.28. The van der Waals surface area contributed by atoms with Gasteiger partial charge in [0.1, 0.15) is 0 Å². The average Bonchev–Trinajstić information content (AvgIpc) is 2.58. The van der Waals surface area contributed by atoms with Crippen LogP contribution in [0.25, 0.3) is 0 Å². The van der Waals surface area contributed by atoms with Gasteiger partial charge in [-0.2, -0.15) is 0 Å². The number of nitrogens with one attached hydrogen (secondary N) is 1. The molecular formula is C17H21ClN2O4. The number of methoxy groups -OCH3 is 2. The molecular weight excluding hydrogens is 332 g/mol. The summed E-state index contributed by atoms with van der Waals surface area (Å²) in [4.78, 5) is 10.4. The zero-order valence-corrected chi connectivity index (χ0v) is 14.5. The summed E-state index contributed by atoms with van der Waals surface area (Å²) in [6.07, 6.45) is 0.829. The Labute approximate surface area is 147 Å². The molecule has 0 aromatic heterocycles. The third-order valence-corrected chi connectivity index (χ3v) is 3.49. The van der Waals surface area contributed by atoms with Crippen molar-refractivity contribution in [3.05, 3.63) is 63.7 Å². The van der Waals surface area contributed by atoms with Gasteiger partial charge in [-0.3, -0.25) is 10.1 Å². The van der Waals surface area contributed by atoms with Crippen LogP contribution in [0.3, 0.4) is 0 Å².